The van der Waals surface area contributed by atoms with Crippen LogP contribution in [0.25, 0.3) is 0 Å². The van der Waals surface area contributed by atoms with Gasteiger partial charge in [-0.2, -0.15) is 5.10 Å². The Hall–Kier alpha value is -1.36. The van der Waals surface area contributed by atoms with Crippen molar-refractivity contribution >= 4 is 5.91 Å². The number of amides is 1. The lowest BCUT2D eigenvalue weighted by Gasteiger charge is -2.45. The SMILES string of the molecule is CC1CC(C)CN(C(C)(C)CNC(=O)c2cc(C3CC3)n(C(C)(C)C)n2)C1. The molecule has 152 valence electrons. The second-order valence-corrected chi connectivity index (χ2v) is 10.7. The molecule has 0 aromatic carbocycles. The van der Waals surface area contributed by atoms with Crippen LogP contribution in [0, 0.1) is 11.8 Å². The van der Waals surface area contributed by atoms with Gasteiger partial charge in [-0.25, -0.2) is 0 Å². The molecule has 2 unspecified atom stereocenters. The topological polar surface area (TPSA) is 50.2 Å². The maximum atomic E-state index is 12.8. The molecule has 1 aromatic heterocycles. The zero-order valence-corrected chi connectivity index (χ0v) is 18.3. The second kappa shape index (κ2) is 7.23. The summed E-state index contributed by atoms with van der Waals surface area (Å²) < 4.78 is 2.05. The zero-order chi connectivity index (χ0) is 20.0. The van der Waals surface area contributed by atoms with Crippen LogP contribution in [-0.4, -0.2) is 45.8 Å². The van der Waals surface area contributed by atoms with Crippen LogP contribution in [0.3, 0.4) is 0 Å². The maximum Gasteiger partial charge on any atom is 0.271 e. The van der Waals surface area contributed by atoms with E-state index in [-0.39, 0.29) is 17.0 Å². The molecule has 1 aliphatic heterocycles. The highest BCUT2D eigenvalue weighted by Crippen LogP contribution is 2.41. The summed E-state index contributed by atoms with van der Waals surface area (Å²) in [6, 6.07) is 2.01. The van der Waals surface area contributed by atoms with Crippen molar-refractivity contribution in [1.29, 1.82) is 0 Å². The Morgan fingerprint density at radius 2 is 1.74 bits per heavy atom. The smallest absolute Gasteiger partial charge is 0.271 e. The first-order valence-corrected chi connectivity index (χ1v) is 10.6. The molecule has 2 heterocycles. The van der Waals surface area contributed by atoms with Gasteiger partial charge in [-0.05, 0) is 71.8 Å². The van der Waals surface area contributed by atoms with Crippen molar-refractivity contribution in [2.45, 2.75) is 84.7 Å². The Morgan fingerprint density at radius 1 is 1.15 bits per heavy atom. The number of piperidine rings is 1. The molecule has 1 saturated carbocycles. The summed E-state index contributed by atoms with van der Waals surface area (Å²) >= 11 is 0. The predicted octanol–water partition coefficient (Wildman–Crippen LogP) is 4.00. The van der Waals surface area contributed by atoms with Gasteiger partial charge in [0, 0.05) is 36.8 Å². The summed E-state index contributed by atoms with van der Waals surface area (Å²) in [4.78, 5) is 15.4. The minimum atomic E-state index is -0.101. The third-order valence-electron chi connectivity index (χ3n) is 6.01. The molecule has 3 rings (SSSR count). The van der Waals surface area contributed by atoms with E-state index in [0.717, 1.165) is 13.1 Å². The van der Waals surface area contributed by atoms with Crippen molar-refractivity contribution in [3.05, 3.63) is 17.5 Å². The van der Waals surface area contributed by atoms with E-state index in [0.29, 0.717) is 30.0 Å². The largest absolute Gasteiger partial charge is 0.349 e. The Balaban J connectivity index is 1.67. The fourth-order valence-electron chi connectivity index (χ4n) is 4.37. The fourth-order valence-corrected chi connectivity index (χ4v) is 4.37. The lowest BCUT2D eigenvalue weighted by atomic mass is 9.88. The van der Waals surface area contributed by atoms with E-state index in [1.165, 1.54) is 25.0 Å². The molecule has 1 N–H and O–H groups in total. The summed E-state index contributed by atoms with van der Waals surface area (Å²) in [5, 5.41) is 7.83. The van der Waals surface area contributed by atoms with Gasteiger partial charge in [0.1, 0.15) is 5.69 Å². The summed E-state index contributed by atoms with van der Waals surface area (Å²) in [5.74, 6) is 1.96. The number of carbonyl (C=O) groups excluding carboxylic acids is 1. The Labute approximate surface area is 164 Å². The molecule has 1 amide bonds. The number of aromatic nitrogens is 2. The Kier molecular flexibility index (Phi) is 5.46. The highest BCUT2D eigenvalue weighted by Gasteiger charge is 2.35. The minimum absolute atomic E-state index is 0.0499. The molecule has 27 heavy (non-hydrogen) atoms. The van der Waals surface area contributed by atoms with Gasteiger partial charge in [-0.3, -0.25) is 14.4 Å². The Bertz CT molecular complexity index is 671. The molecule has 2 fully saturated rings. The van der Waals surface area contributed by atoms with Crippen molar-refractivity contribution in [1.82, 2.24) is 20.0 Å². The third kappa shape index (κ3) is 4.74. The van der Waals surface area contributed by atoms with Gasteiger partial charge in [-0.1, -0.05) is 13.8 Å². The van der Waals surface area contributed by atoms with Crippen LogP contribution in [0.4, 0.5) is 0 Å². The molecule has 1 aromatic rings. The molecule has 5 heteroatoms. The van der Waals surface area contributed by atoms with Gasteiger partial charge in [0.15, 0.2) is 0 Å². The molecule has 0 radical (unpaired) electrons. The van der Waals surface area contributed by atoms with Crippen LogP contribution in [0.15, 0.2) is 6.07 Å². The van der Waals surface area contributed by atoms with E-state index in [1.54, 1.807) is 0 Å². The highest BCUT2D eigenvalue weighted by atomic mass is 16.2. The van der Waals surface area contributed by atoms with E-state index >= 15 is 0 Å². The third-order valence-corrected chi connectivity index (χ3v) is 6.01. The molecular formula is C22H38N4O. The molecular weight excluding hydrogens is 336 g/mol. The number of nitrogens with one attached hydrogen (secondary N) is 1. The second-order valence-electron chi connectivity index (χ2n) is 10.7. The standard InChI is InChI=1S/C22H38N4O/c1-15-10-16(2)13-25(12-15)22(6,7)14-23-20(27)18-11-19(17-8-9-17)26(24-18)21(3,4)5/h11,15-17H,8-10,12-14H2,1-7H3,(H,23,27). The van der Waals surface area contributed by atoms with Gasteiger partial charge < -0.3 is 5.32 Å². The lowest BCUT2D eigenvalue weighted by Crippen LogP contribution is -2.56. The molecule has 2 aliphatic rings. The fraction of sp³-hybridized carbons (Fsp3) is 0.818. The van der Waals surface area contributed by atoms with Gasteiger partial charge in [-0.15, -0.1) is 0 Å². The summed E-state index contributed by atoms with van der Waals surface area (Å²) in [6.07, 6.45) is 3.72. The average molecular weight is 375 g/mol. The number of hydrogen-bond acceptors (Lipinski definition) is 3. The first-order valence-electron chi connectivity index (χ1n) is 10.6. The van der Waals surface area contributed by atoms with Gasteiger partial charge in [0.05, 0.1) is 5.54 Å². The average Bonchev–Trinajstić information content (AvgIpc) is 3.28. The number of carbonyl (C=O) groups is 1. The number of likely N-dealkylation sites (tertiary alicyclic amines) is 1. The van der Waals surface area contributed by atoms with Gasteiger partial charge >= 0.3 is 0 Å². The summed E-state index contributed by atoms with van der Waals surface area (Å²) in [7, 11) is 0. The first kappa shape index (κ1) is 20.4. The number of nitrogens with zero attached hydrogens (tertiary/aromatic N) is 3. The van der Waals surface area contributed by atoms with Crippen molar-refractivity contribution in [3.63, 3.8) is 0 Å². The Morgan fingerprint density at radius 3 is 2.26 bits per heavy atom. The molecule has 1 saturated heterocycles. The highest BCUT2D eigenvalue weighted by molar-refractivity contribution is 5.92. The van der Waals surface area contributed by atoms with Gasteiger partial charge in [0.2, 0.25) is 0 Å². The molecule has 0 bridgehead atoms. The monoisotopic (exact) mass is 374 g/mol. The minimum Gasteiger partial charge on any atom is -0.349 e. The van der Waals surface area contributed by atoms with Crippen molar-refractivity contribution in [2.75, 3.05) is 19.6 Å². The number of hydrogen-bond donors (Lipinski definition) is 1. The molecule has 0 spiro atoms. The van der Waals surface area contributed by atoms with Crippen LogP contribution in [0.5, 0.6) is 0 Å². The van der Waals surface area contributed by atoms with E-state index in [2.05, 4.69) is 68.5 Å². The van der Waals surface area contributed by atoms with Crippen LogP contribution in [-0.2, 0) is 5.54 Å². The predicted molar refractivity (Wildman–Crippen MR) is 110 cm³/mol. The van der Waals surface area contributed by atoms with Crippen molar-refractivity contribution in [2.24, 2.45) is 11.8 Å². The zero-order valence-electron chi connectivity index (χ0n) is 18.3. The van der Waals surface area contributed by atoms with E-state index in [1.807, 2.05) is 6.07 Å². The quantitative estimate of drug-likeness (QED) is 0.847. The van der Waals surface area contributed by atoms with E-state index in [9.17, 15) is 4.79 Å². The van der Waals surface area contributed by atoms with Crippen LogP contribution < -0.4 is 5.32 Å². The molecule has 2 atom stereocenters. The normalized spacial score (nSPS) is 24.9. The summed E-state index contributed by atoms with van der Waals surface area (Å²) in [5.41, 5.74) is 1.62. The molecule has 1 aliphatic carbocycles. The first-order chi connectivity index (χ1) is 12.5. The maximum absolute atomic E-state index is 12.8. The van der Waals surface area contributed by atoms with Crippen molar-refractivity contribution in [3.8, 4) is 0 Å². The van der Waals surface area contributed by atoms with E-state index in [4.69, 9.17) is 0 Å². The van der Waals surface area contributed by atoms with Crippen LogP contribution >= 0.6 is 0 Å². The van der Waals surface area contributed by atoms with Crippen LogP contribution in [0.2, 0.25) is 0 Å². The van der Waals surface area contributed by atoms with Crippen molar-refractivity contribution < 1.29 is 4.79 Å². The van der Waals surface area contributed by atoms with E-state index < -0.39 is 0 Å². The molecule has 5 nitrogen and oxygen atoms in total. The summed E-state index contributed by atoms with van der Waals surface area (Å²) in [6.45, 7) is 18.4. The lowest BCUT2D eigenvalue weighted by molar-refractivity contribution is 0.0444. The number of rotatable bonds is 5. The van der Waals surface area contributed by atoms with Gasteiger partial charge in [0.25, 0.3) is 5.91 Å². The van der Waals surface area contributed by atoms with Crippen LogP contribution in [0.1, 0.15) is 89.8 Å².